The van der Waals surface area contributed by atoms with Crippen LogP contribution >= 0.6 is 0 Å². The van der Waals surface area contributed by atoms with Crippen molar-refractivity contribution in [2.75, 3.05) is 18.5 Å². The fraction of sp³-hybridized carbons (Fsp3) is 0.368. The van der Waals surface area contributed by atoms with Crippen LogP contribution in [0.1, 0.15) is 12.2 Å². The average Bonchev–Trinajstić information content (AvgIpc) is 3.41. The molecule has 5 heterocycles. The van der Waals surface area contributed by atoms with Crippen LogP contribution in [-0.2, 0) is 11.3 Å². The first-order valence-corrected chi connectivity index (χ1v) is 9.39. The van der Waals surface area contributed by atoms with E-state index in [0.29, 0.717) is 35.2 Å². The summed E-state index contributed by atoms with van der Waals surface area (Å²) >= 11 is 0. The zero-order valence-electron chi connectivity index (χ0n) is 15.7. The largest absolute Gasteiger partial charge is 0.379 e. The number of ether oxygens (including phenoxy) is 1. The number of imidazole rings is 1. The highest BCUT2D eigenvalue weighted by Crippen LogP contribution is 2.26. The number of nitrogens with zero attached hydrogens (tertiary/aromatic N) is 6. The molecule has 4 aromatic heterocycles. The van der Waals surface area contributed by atoms with Gasteiger partial charge in [0, 0.05) is 18.4 Å². The number of rotatable bonds is 5. The Morgan fingerprint density at radius 1 is 1.28 bits per heavy atom. The smallest absolute Gasteiger partial charge is 0.256 e. The second kappa shape index (κ2) is 7.03. The van der Waals surface area contributed by atoms with Gasteiger partial charge in [-0.3, -0.25) is 0 Å². The van der Waals surface area contributed by atoms with E-state index in [0.717, 1.165) is 24.1 Å². The van der Waals surface area contributed by atoms with Crippen molar-refractivity contribution in [1.82, 2.24) is 29.1 Å². The normalized spacial score (nSPS) is 17.0. The lowest BCUT2D eigenvalue weighted by atomic mass is 10.2. The van der Waals surface area contributed by atoms with Gasteiger partial charge in [-0.25, -0.2) is 28.2 Å². The van der Waals surface area contributed by atoms with Crippen molar-refractivity contribution < 1.29 is 13.5 Å². The van der Waals surface area contributed by atoms with E-state index in [1.54, 1.807) is 23.7 Å². The molecule has 0 unspecified atom stereocenters. The number of anilines is 1. The van der Waals surface area contributed by atoms with E-state index in [1.165, 1.54) is 4.57 Å². The van der Waals surface area contributed by atoms with Crippen molar-refractivity contribution in [2.45, 2.75) is 32.4 Å². The minimum atomic E-state index is -2.48. The number of aromatic nitrogens is 6. The standard InChI is InChI=1S/C19H19F2N7O/c1-11-23-15-3-2-14(25-18(15)27(11)9-17(20)21)13-4-6-28-16(13)8-22-19(26-28)24-12-5-7-29-10-12/h2-4,6,8,12,17H,5,7,9-10H2,1H3,(H,24,26)/t12-/m1/s1. The average molecular weight is 399 g/mol. The molecule has 4 aromatic rings. The fourth-order valence-electron chi connectivity index (χ4n) is 3.64. The van der Waals surface area contributed by atoms with Crippen molar-refractivity contribution in [2.24, 2.45) is 0 Å². The highest BCUT2D eigenvalue weighted by molar-refractivity contribution is 5.82. The summed E-state index contributed by atoms with van der Waals surface area (Å²) in [6.45, 7) is 2.66. The summed E-state index contributed by atoms with van der Waals surface area (Å²) in [7, 11) is 0. The molecule has 1 aliphatic heterocycles. The monoisotopic (exact) mass is 399 g/mol. The number of aryl methyl sites for hydroxylation is 1. The number of alkyl halides is 2. The zero-order valence-corrected chi connectivity index (χ0v) is 15.7. The molecule has 29 heavy (non-hydrogen) atoms. The molecule has 1 N–H and O–H groups in total. The molecule has 0 bridgehead atoms. The Bertz CT molecular complexity index is 1180. The van der Waals surface area contributed by atoms with Crippen LogP contribution in [0.3, 0.4) is 0 Å². The Balaban J connectivity index is 1.52. The van der Waals surface area contributed by atoms with Gasteiger partial charge in [-0.2, -0.15) is 0 Å². The number of hydrogen-bond acceptors (Lipinski definition) is 6. The number of hydrogen-bond donors (Lipinski definition) is 1. The first-order chi connectivity index (χ1) is 14.1. The van der Waals surface area contributed by atoms with Crippen molar-refractivity contribution in [3.63, 3.8) is 0 Å². The Labute approximate surface area is 164 Å². The van der Waals surface area contributed by atoms with E-state index in [1.807, 2.05) is 18.3 Å². The second-order valence-electron chi connectivity index (χ2n) is 7.05. The predicted octanol–water partition coefficient (Wildman–Crippen LogP) is 2.92. The summed E-state index contributed by atoms with van der Waals surface area (Å²) in [5.74, 6) is 1.05. The van der Waals surface area contributed by atoms with Crippen LogP contribution in [0, 0.1) is 6.92 Å². The minimum Gasteiger partial charge on any atom is -0.379 e. The molecule has 150 valence electrons. The van der Waals surface area contributed by atoms with E-state index in [2.05, 4.69) is 25.4 Å². The lowest BCUT2D eigenvalue weighted by molar-refractivity contribution is 0.127. The summed E-state index contributed by atoms with van der Waals surface area (Å²) in [5, 5.41) is 7.77. The molecule has 0 radical (unpaired) electrons. The summed E-state index contributed by atoms with van der Waals surface area (Å²) in [4.78, 5) is 13.4. The maximum atomic E-state index is 13.0. The third-order valence-corrected chi connectivity index (χ3v) is 5.06. The maximum absolute atomic E-state index is 13.0. The second-order valence-corrected chi connectivity index (χ2v) is 7.05. The van der Waals surface area contributed by atoms with Crippen molar-refractivity contribution in [3.8, 4) is 11.3 Å². The lowest BCUT2D eigenvalue weighted by Crippen LogP contribution is -2.21. The third-order valence-electron chi connectivity index (χ3n) is 5.06. The zero-order chi connectivity index (χ0) is 20.0. The van der Waals surface area contributed by atoms with Gasteiger partial charge >= 0.3 is 0 Å². The lowest BCUT2D eigenvalue weighted by Gasteiger charge is -2.10. The van der Waals surface area contributed by atoms with Gasteiger partial charge in [-0.05, 0) is 31.5 Å². The van der Waals surface area contributed by atoms with Crippen LogP contribution in [0.5, 0.6) is 0 Å². The quantitative estimate of drug-likeness (QED) is 0.556. The van der Waals surface area contributed by atoms with Crippen molar-refractivity contribution in [3.05, 3.63) is 36.4 Å². The predicted molar refractivity (Wildman–Crippen MR) is 103 cm³/mol. The maximum Gasteiger partial charge on any atom is 0.256 e. The first-order valence-electron chi connectivity index (χ1n) is 9.39. The molecule has 0 aromatic carbocycles. The van der Waals surface area contributed by atoms with Crippen molar-refractivity contribution >= 4 is 22.6 Å². The van der Waals surface area contributed by atoms with Gasteiger partial charge in [-0.15, -0.1) is 5.10 Å². The van der Waals surface area contributed by atoms with Crippen LogP contribution in [0.4, 0.5) is 14.7 Å². The number of halogens is 2. The molecule has 1 fully saturated rings. The van der Waals surface area contributed by atoms with E-state index >= 15 is 0 Å². The molecule has 0 amide bonds. The topological polar surface area (TPSA) is 82.2 Å². The Kier molecular flexibility index (Phi) is 4.35. The molecule has 1 saturated heterocycles. The van der Waals surface area contributed by atoms with E-state index in [-0.39, 0.29) is 6.04 Å². The molecule has 0 aliphatic carbocycles. The molecular formula is C19H19F2N7O. The van der Waals surface area contributed by atoms with Gasteiger partial charge < -0.3 is 14.6 Å². The van der Waals surface area contributed by atoms with E-state index in [9.17, 15) is 8.78 Å². The molecule has 1 atom stereocenters. The van der Waals surface area contributed by atoms with Gasteiger partial charge in [-0.1, -0.05) is 0 Å². The first kappa shape index (κ1) is 17.9. The number of pyridine rings is 1. The van der Waals surface area contributed by atoms with Crippen LogP contribution in [-0.4, -0.2) is 54.8 Å². The van der Waals surface area contributed by atoms with Crippen molar-refractivity contribution in [1.29, 1.82) is 0 Å². The van der Waals surface area contributed by atoms with Gasteiger partial charge in [0.2, 0.25) is 5.95 Å². The highest BCUT2D eigenvalue weighted by Gasteiger charge is 2.18. The number of nitrogens with one attached hydrogen (secondary N) is 1. The van der Waals surface area contributed by atoms with Gasteiger partial charge in [0.1, 0.15) is 11.3 Å². The van der Waals surface area contributed by atoms with Crippen LogP contribution in [0.2, 0.25) is 0 Å². The van der Waals surface area contributed by atoms with Crippen LogP contribution in [0.15, 0.2) is 30.6 Å². The SMILES string of the molecule is Cc1nc2ccc(-c3ccn4nc(N[C@@H]5CCOC5)ncc34)nc2n1CC(F)F. The van der Waals surface area contributed by atoms with Gasteiger partial charge in [0.15, 0.2) is 5.65 Å². The molecule has 0 saturated carbocycles. The Morgan fingerprint density at radius 2 is 2.17 bits per heavy atom. The highest BCUT2D eigenvalue weighted by atomic mass is 19.3. The molecule has 10 heteroatoms. The van der Waals surface area contributed by atoms with E-state index < -0.39 is 13.0 Å². The minimum absolute atomic E-state index is 0.213. The Hall–Kier alpha value is -3.14. The third kappa shape index (κ3) is 3.29. The van der Waals surface area contributed by atoms with Gasteiger partial charge in [0.25, 0.3) is 6.43 Å². The molecule has 5 rings (SSSR count). The summed E-state index contributed by atoms with van der Waals surface area (Å²) in [6.07, 6.45) is 2.01. The fourth-order valence-corrected chi connectivity index (χ4v) is 3.64. The van der Waals surface area contributed by atoms with E-state index in [4.69, 9.17) is 4.74 Å². The molecule has 1 aliphatic rings. The summed E-state index contributed by atoms with van der Waals surface area (Å²) in [5.41, 5.74) is 3.30. The molecule has 0 spiro atoms. The summed E-state index contributed by atoms with van der Waals surface area (Å²) in [6, 6.07) is 5.73. The van der Waals surface area contributed by atoms with Crippen LogP contribution in [0.25, 0.3) is 27.9 Å². The molecular weight excluding hydrogens is 380 g/mol. The molecule has 8 nitrogen and oxygen atoms in total. The summed E-state index contributed by atoms with van der Waals surface area (Å²) < 4.78 is 34.5. The van der Waals surface area contributed by atoms with Gasteiger partial charge in [0.05, 0.1) is 36.6 Å². The number of fused-ring (bicyclic) bond motifs is 2. The van der Waals surface area contributed by atoms with Crippen LogP contribution < -0.4 is 5.32 Å². The Morgan fingerprint density at radius 3 is 2.97 bits per heavy atom.